The molecule has 0 aromatic rings. The van der Waals surface area contributed by atoms with Gasteiger partial charge in [0.25, 0.3) is 0 Å². The maximum absolute atomic E-state index is 11.7. The third-order valence-electron chi connectivity index (χ3n) is 3.71. The summed E-state index contributed by atoms with van der Waals surface area (Å²) in [5, 5.41) is 14.5. The molecule has 5 heteroatoms. The maximum Gasteiger partial charge on any atom is 0.315 e. The standard InChI is InChI=1S/C14H26N2O3/c1-11(13(17)18)7-6-10-15-14(19)16-12-8-4-2-3-5-9-12/h11-12H,2-10H2,1H3,(H,17,18)(H2,15,16,19). The Kier molecular flexibility index (Phi) is 7.30. The number of carbonyl (C=O) groups excluding carboxylic acids is 1. The van der Waals surface area contributed by atoms with Crippen molar-refractivity contribution >= 4 is 12.0 Å². The molecule has 0 saturated heterocycles. The van der Waals surface area contributed by atoms with Crippen molar-refractivity contribution in [2.45, 2.75) is 64.3 Å². The van der Waals surface area contributed by atoms with Crippen molar-refractivity contribution in [1.82, 2.24) is 10.6 Å². The molecule has 5 nitrogen and oxygen atoms in total. The highest BCUT2D eigenvalue weighted by Crippen LogP contribution is 2.16. The first-order chi connectivity index (χ1) is 9.09. The van der Waals surface area contributed by atoms with Crippen LogP contribution in [0.25, 0.3) is 0 Å². The van der Waals surface area contributed by atoms with Gasteiger partial charge in [0.05, 0.1) is 5.92 Å². The van der Waals surface area contributed by atoms with E-state index in [2.05, 4.69) is 10.6 Å². The molecule has 1 atom stereocenters. The Hall–Kier alpha value is -1.26. The molecule has 0 aromatic carbocycles. The molecular weight excluding hydrogens is 244 g/mol. The van der Waals surface area contributed by atoms with Crippen LogP contribution in [0.15, 0.2) is 0 Å². The average molecular weight is 270 g/mol. The second-order valence-corrected chi connectivity index (χ2v) is 5.47. The van der Waals surface area contributed by atoms with Crippen LogP contribution in [-0.2, 0) is 4.79 Å². The van der Waals surface area contributed by atoms with Crippen LogP contribution in [0.5, 0.6) is 0 Å². The van der Waals surface area contributed by atoms with E-state index in [0.717, 1.165) is 12.8 Å². The van der Waals surface area contributed by atoms with Crippen LogP contribution in [0.1, 0.15) is 58.3 Å². The first-order valence-electron chi connectivity index (χ1n) is 7.36. The minimum atomic E-state index is -0.775. The summed E-state index contributed by atoms with van der Waals surface area (Å²) in [5.41, 5.74) is 0. The Labute approximate surface area is 115 Å². The fourth-order valence-electron chi connectivity index (χ4n) is 2.39. The first kappa shape index (κ1) is 15.8. The van der Waals surface area contributed by atoms with Crippen molar-refractivity contribution in [1.29, 1.82) is 0 Å². The molecule has 0 radical (unpaired) electrons. The van der Waals surface area contributed by atoms with Gasteiger partial charge in [-0.25, -0.2) is 4.79 Å². The average Bonchev–Trinajstić information content (AvgIpc) is 2.62. The van der Waals surface area contributed by atoms with Gasteiger partial charge < -0.3 is 15.7 Å². The van der Waals surface area contributed by atoms with Crippen molar-refractivity contribution in [3.63, 3.8) is 0 Å². The Morgan fingerprint density at radius 3 is 2.42 bits per heavy atom. The lowest BCUT2D eigenvalue weighted by atomic mass is 10.1. The van der Waals surface area contributed by atoms with Gasteiger partial charge in [0, 0.05) is 12.6 Å². The number of carboxylic acid groups (broad SMARTS) is 1. The predicted octanol–water partition coefficient (Wildman–Crippen LogP) is 2.51. The molecule has 1 aliphatic carbocycles. The van der Waals surface area contributed by atoms with Crippen LogP contribution in [-0.4, -0.2) is 29.7 Å². The third kappa shape index (κ3) is 7.03. The van der Waals surface area contributed by atoms with E-state index >= 15 is 0 Å². The highest BCUT2D eigenvalue weighted by atomic mass is 16.4. The molecular formula is C14H26N2O3. The smallest absolute Gasteiger partial charge is 0.315 e. The molecule has 1 aliphatic rings. The summed E-state index contributed by atoms with van der Waals surface area (Å²) in [4.78, 5) is 22.3. The van der Waals surface area contributed by atoms with Crippen molar-refractivity contribution < 1.29 is 14.7 Å². The van der Waals surface area contributed by atoms with E-state index in [1.54, 1.807) is 6.92 Å². The van der Waals surface area contributed by atoms with Gasteiger partial charge in [-0.2, -0.15) is 0 Å². The molecule has 0 aromatic heterocycles. The molecule has 3 N–H and O–H groups in total. The summed E-state index contributed by atoms with van der Waals surface area (Å²) in [6, 6.07) is 0.190. The van der Waals surface area contributed by atoms with Gasteiger partial charge in [0.15, 0.2) is 0 Å². The number of amides is 2. The first-order valence-corrected chi connectivity index (χ1v) is 7.36. The largest absolute Gasteiger partial charge is 0.481 e. The summed E-state index contributed by atoms with van der Waals surface area (Å²) in [5.74, 6) is -1.12. The van der Waals surface area contributed by atoms with Crippen LogP contribution in [0.2, 0.25) is 0 Å². The topological polar surface area (TPSA) is 78.4 Å². The fourth-order valence-corrected chi connectivity index (χ4v) is 2.39. The second kappa shape index (κ2) is 8.77. The van der Waals surface area contributed by atoms with Crippen LogP contribution in [0.3, 0.4) is 0 Å². The van der Waals surface area contributed by atoms with Crippen LogP contribution >= 0.6 is 0 Å². The van der Waals surface area contributed by atoms with E-state index in [-0.39, 0.29) is 11.9 Å². The molecule has 1 fully saturated rings. The molecule has 0 heterocycles. The molecule has 0 spiro atoms. The normalized spacial score (nSPS) is 18.4. The summed E-state index contributed by atoms with van der Waals surface area (Å²) in [6.07, 6.45) is 8.37. The molecule has 1 rings (SSSR count). The van der Waals surface area contributed by atoms with E-state index in [0.29, 0.717) is 25.4 Å². The zero-order chi connectivity index (χ0) is 14.1. The van der Waals surface area contributed by atoms with Gasteiger partial charge >= 0.3 is 12.0 Å². The van der Waals surface area contributed by atoms with Crippen molar-refractivity contribution in [2.75, 3.05) is 6.54 Å². The quantitative estimate of drug-likeness (QED) is 0.512. The highest BCUT2D eigenvalue weighted by Gasteiger charge is 2.14. The van der Waals surface area contributed by atoms with E-state index < -0.39 is 5.97 Å². The molecule has 19 heavy (non-hydrogen) atoms. The minimum Gasteiger partial charge on any atom is -0.481 e. The Morgan fingerprint density at radius 1 is 1.21 bits per heavy atom. The lowest BCUT2D eigenvalue weighted by molar-refractivity contribution is -0.141. The van der Waals surface area contributed by atoms with Gasteiger partial charge in [-0.1, -0.05) is 32.6 Å². The molecule has 110 valence electrons. The predicted molar refractivity (Wildman–Crippen MR) is 74.1 cm³/mol. The lowest BCUT2D eigenvalue weighted by Gasteiger charge is -2.16. The summed E-state index contributed by atoms with van der Waals surface area (Å²) >= 11 is 0. The lowest BCUT2D eigenvalue weighted by Crippen LogP contribution is -2.42. The number of carboxylic acids is 1. The van der Waals surface area contributed by atoms with Crippen molar-refractivity contribution in [3.05, 3.63) is 0 Å². The van der Waals surface area contributed by atoms with Gasteiger partial charge in [0.1, 0.15) is 0 Å². The summed E-state index contributed by atoms with van der Waals surface area (Å²) < 4.78 is 0. The fraction of sp³-hybridized carbons (Fsp3) is 0.857. The van der Waals surface area contributed by atoms with E-state index in [9.17, 15) is 9.59 Å². The third-order valence-corrected chi connectivity index (χ3v) is 3.71. The SMILES string of the molecule is CC(CCCNC(=O)NC1CCCCCC1)C(=O)O. The number of urea groups is 1. The van der Waals surface area contributed by atoms with Gasteiger partial charge in [-0.15, -0.1) is 0 Å². The maximum atomic E-state index is 11.7. The van der Waals surface area contributed by atoms with Crippen LogP contribution in [0, 0.1) is 5.92 Å². The van der Waals surface area contributed by atoms with Gasteiger partial charge in [-0.3, -0.25) is 4.79 Å². The monoisotopic (exact) mass is 270 g/mol. The highest BCUT2D eigenvalue weighted by molar-refractivity contribution is 5.74. The van der Waals surface area contributed by atoms with E-state index in [4.69, 9.17) is 5.11 Å². The van der Waals surface area contributed by atoms with Gasteiger partial charge in [0.2, 0.25) is 0 Å². The number of hydrogen-bond acceptors (Lipinski definition) is 2. The molecule has 0 aliphatic heterocycles. The van der Waals surface area contributed by atoms with Crippen molar-refractivity contribution in [2.24, 2.45) is 5.92 Å². The second-order valence-electron chi connectivity index (χ2n) is 5.47. The Morgan fingerprint density at radius 2 is 1.84 bits per heavy atom. The Bertz CT molecular complexity index is 286. The summed E-state index contributed by atoms with van der Waals surface area (Å²) in [6.45, 7) is 2.23. The molecule has 1 unspecified atom stereocenters. The zero-order valence-corrected chi connectivity index (χ0v) is 11.8. The number of carbonyl (C=O) groups is 2. The zero-order valence-electron chi connectivity index (χ0n) is 11.8. The van der Waals surface area contributed by atoms with Crippen LogP contribution < -0.4 is 10.6 Å². The van der Waals surface area contributed by atoms with Gasteiger partial charge in [-0.05, 0) is 25.7 Å². The van der Waals surface area contributed by atoms with Crippen LogP contribution in [0.4, 0.5) is 4.79 Å². The van der Waals surface area contributed by atoms with E-state index in [1.165, 1.54) is 25.7 Å². The summed E-state index contributed by atoms with van der Waals surface area (Å²) in [7, 11) is 0. The molecule has 0 bridgehead atoms. The molecule has 2 amide bonds. The number of rotatable bonds is 6. The Balaban J connectivity index is 2.08. The minimum absolute atomic E-state index is 0.116. The number of nitrogens with one attached hydrogen (secondary N) is 2. The van der Waals surface area contributed by atoms with E-state index in [1.807, 2.05) is 0 Å². The molecule has 1 saturated carbocycles. The van der Waals surface area contributed by atoms with Crippen molar-refractivity contribution in [3.8, 4) is 0 Å². The number of hydrogen-bond donors (Lipinski definition) is 3. The number of aliphatic carboxylic acids is 1.